The molecule has 1 N–H and O–H groups in total. The van der Waals surface area contributed by atoms with Crippen molar-refractivity contribution in [3.63, 3.8) is 0 Å². The van der Waals surface area contributed by atoms with Crippen LogP contribution in [0.25, 0.3) is 0 Å². The van der Waals surface area contributed by atoms with Crippen molar-refractivity contribution in [1.82, 2.24) is 10.2 Å². The van der Waals surface area contributed by atoms with Gasteiger partial charge in [0.25, 0.3) is 0 Å². The van der Waals surface area contributed by atoms with Crippen molar-refractivity contribution in [2.45, 2.75) is 52.0 Å². The van der Waals surface area contributed by atoms with Gasteiger partial charge < -0.3 is 10.2 Å². The predicted molar refractivity (Wildman–Crippen MR) is 78.1 cm³/mol. The summed E-state index contributed by atoms with van der Waals surface area (Å²) in [6, 6.07) is 0.698. The van der Waals surface area contributed by atoms with Crippen LogP contribution >= 0.6 is 0 Å². The molecule has 3 fully saturated rings. The molecule has 0 bridgehead atoms. The van der Waals surface area contributed by atoms with Crippen molar-refractivity contribution < 1.29 is 0 Å². The molecule has 19 heavy (non-hydrogen) atoms. The quantitative estimate of drug-likeness (QED) is 0.827. The zero-order valence-corrected chi connectivity index (χ0v) is 12.4. The molecule has 3 nitrogen and oxygen atoms in total. The van der Waals surface area contributed by atoms with Crippen LogP contribution in [0.15, 0.2) is 4.99 Å². The SMILES string of the molecule is CC1CCC2CN=C(NCC3(C)CC4CC4C3)N2C1. The van der Waals surface area contributed by atoms with E-state index in [0.29, 0.717) is 11.5 Å². The second-order valence-corrected chi connectivity index (χ2v) is 7.98. The summed E-state index contributed by atoms with van der Waals surface area (Å²) in [4.78, 5) is 7.32. The Morgan fingerprint density at radius 2 is 2.11 bits per heavy atom. The van der Waals surface area contributed by atoms with Gasteiger partial charge in [0.2, 0.25) is 0 Å². The fourth-order valence-electron chi connectivity index (χ4n) is 4.69. The van der Waals surface area contributed by atoms with Crippen LogP contribution in [0.2, 0.25) is 0 Å². The second kappa shape index (κ2) is 4.13. The van der Waals surface area contributed by atoms with E-state index in [2.05, 4.69) is 24.1 Å². The molecule has 3 heteroatoms. The number of guanidine groups is 1. The molecule has 4 unspecified atom stereocenters. The highest BCUT2D eigenvalue weighted by Gasteiger charge is 2.51. The average molecular weight is 261 g/mol. The van der Waals surface area contributed by atoms with Crippen molar-refractivity contribution in [2.75, 3.05) is 19.6 Å². The van der Waals surface area contributed by atoms with Crippen molar-refractivity contribution >= 4 is 5.96 Å². The monoisotopic (exact) mass is 261 g/mol. The van der Waals surface area contributed by atoms with Gasteiger partial charge >= 0.3 is 0 Å². The van der Waals surface area contributed by atoms with Crippen LogP contribution in [0.1, 0.15) is 46.0 Å². The van der Waals surface area contributed by atoms with Gasteiger partial charge in [0, 0.05) is 13.1 Å². The summed E-state index contributed by atoms with van der Waals surface area (Å²) >= 11 is 0. The molecule has 4 aliphatic rings. The van der Waals surface area contributed by atoms with Crippen LogP contribution in [-0.2, 0) is 0 Å². The molecule has 2 aliphatic heterocycles. The number of rotatable bonds is 2. The summed E-state index contributed by atoms with van der Waals surface area (Å²) < 4.78 is 0. The summed E-state index contributed by atoms with van der Waals surface area (Å²) in [5.74, 6) is 4.18. The molecule has 1 saturated heterocycles. The number of nitrogens with one attached hydrogen (secondary N) is 1. The molecule has 0 spiro atoms. The van der Waals surface area contributed by atoms with Gasteiger partial charge in [0.15, 0.2) is 5.96 Å². The molecule has 0 aromatic carbocycles. The van der Waals surface area contributed by atoms with Crippen LogP contribution in [0.4, 0.5) is 0 Å². The Hall–Kier alpha value is -0.730. The lowest BCUT2D eigenvalue weighted by atomic mass is 9.85. The first-order valence-electron chi connectivity index (χ1n) is 8.18. The van der Waals surface area contributed by atoms with Gasteiger partial charge in [-0.2, -0.15) is 0 Å². The standard InChI is InChI=1S/C16H27N3/c1-11-3-4-14-8-17-15(19(14)9-11)18-10-16(2)6-12-5-13(12)7-16/h11-14H,3-10H2,1-2H3,(H,17,18). The normalized spacial score (nSPS) is 47.7. The summed E-state index contributed by atoms with van der Waals surface area (Å²) in [5.41, 5.74) is 0.537. The molecule has 2 heterocycles. The lowest BCUT2D eigenvalue weighted by Gasteiger charge is -2.37. The highest BCUT2D eigenvalue weighted by Crippen LogP contribution is 2.59. The van der Waals surface area contributed by atoms with Crippen LogP contribution in [0.3, 0.4) is 0 Å². The van der Waals surface area contributed by atoms with E-state index in [4.69, 9.17) is 4.99 Å². The molecule has 2 aliphatic carbocycles. The minimum Gasteiger partial charge on any atom is -0.356 e. The van der Waals surface area contributed by atoms with E-state index in [1.165, 1.54) is 44.6 Å². The van der Waals surface area contributed by atoms with Crippen molar-refractivity contribution in [3.05, 3.63) is 0 Å². The van der Waals surface area contributed by atoms with Crippen LogP contribution in [0.5, 0.6) is 0 Å². The van der Waals surface area contributed by atoms with Gasteiger partial charge in [-0.1, -0.05) is 13.8 Å². The number of fused-ring (bicyclic) bond motifs is 2. The minimum atomic E-state index is 0.537. The van der Waals surface area contributed by atoms with E-state index >= 15 is 0 Å². The third kappa shape index (κ3) is 2.15. The Balaban J connectivity index is 1.35. The van der Waals surface area contributed by atoms with Crippen molar-refractivity contribution in [1.29, 1.82) is 0 Å². The third-order valence-electron chi connectivity index (χ3n) is 5.92. The fourth-order valence-corrected chi connectivity index (χ4v) is 4.69. The Morgan fingerprint density at radius 1 is 1.32 bits per heavy atom. The smallest absolute Gasteiger partial charge is 0.194 e. The highest BCUT2D eigenvalue weighted by atomic mass is 15.4. The van der Waals surface area contributed by atoms with Crippen molar-refractivity contribution in [3.8, 4) is 0 Å². The maximum absolute atomic E-state index is 4.77. The van der Waals surface area contributed by atoms with Crippen LogP contribution < -0.4 is 5.32 Å². The number of hydrogen-bond acceptors (Lipinski definition) is 3. The lowest BCUT2D eigenvalue weighted by molar-refractivity contribution is 0.207. The fraction of sp³-hybridized carbons (Fsp3) is 0.938. The highest BCUT2D eigenvalue weighted by molar-refractivity contribution is 5.82. The summed E-state index contributed by atoms with van der Waals surface area (Å²) in [5, 5.41) is 3.70. The van der Waals surface area contributed by atoms with Gasteiger partial charge in [-0.25, -0.2) is 0 Å². The molecule has 2 saturated carbocycles. The number of aliphatic imine (C=N–C) groups is 1. The van der Waals surface area contributed by atoms with Gasteiger partial charge in [0.05, 0.1) is 12.6 Å². The molecule has 4 rings (SSSR count). The van der Waals surface area contributed by atoms with Crippen LogP contribution in [0, 0.1) is 23.2 Å². The van der Waals surface area contributed by atoms with E-state index in [1.54, 1.807) is 0 Å². The Morgan fingerprint density at radius 3 is 2.89 bits per heavy atom. The zero-order valence-electron chi connectivity index (χ0n) is 12.4. The molecule has 4 atom stereocenters. The molecular formula is C16H27N3. The first kappa shape index (κ1) is 12.0. The number of piperidine rings is 1. The first-order valence-corrected chi connectivity index (χ1v) is 8.18. The molecule has 0 aromatic rings. The number of nitrogens with zero attached hydrogens (tertiary/aromatic N) is 2. The summed E-state index contributed by atoms with van der Waals surface area (Å²) in [7, 11) is 0. The molecule has 0 amide bonds. The summed E-state index contributed by atoms with van der Waals surface area (Å²) in [6.07, 6.45) is 7.11. The topological polar surface area (TPSA) is 27.6 Å². The van der Waals surface area contributed by atoms with E-state index in [9.17, 15) is 0 Å². The molecule has 0 aromatic heterocycles. The van der Waals surface area contributed by atoms with E-state index in [1.807, 2.05) is 0 Å². The maximum Gasteiger partial charge on any atom is 0.194 e. The largest absolute Gasteiger partial charge is 0.356 e. The van der Waals surface area contributed by atoms with E-state index < -0.39 is 0 Å². The molecular weight excluding hydrogens is 234 g/mol. The van der Waals surface area contributed by atoms with Gasteiger partial charge in [-0.15, -0.1) is 0 Å². The van der Waals surface area contributed by atoms with Crippen molar-refractivity contribution in [2.24, 2.45) is 28.2 Å². The Bertz CT molecular complexity index is 393. The summed E-state index contributed by atoms with van der Waals surface area (Å²) in [6.45, 7) is 8.21. The first-order chi connectivity index (χ1) is 9.13. The average Bonchev–Trinajstić information content (AvgIpc) is 2.84. The minimum absolute atomic E-state index is 0.537. The maximum atomic E-state index is 4.77. The van der Waals surface area contributed by atoms with Gasteiger partial charge in [-0.3, -0.25) is 4.99 Å². The molecule has 0 radical (unpaired) electrons. The Kier molecular flexibility index (Phi) is 2.62. The molecule has 106 valence electrons. The Labute approximate surface area is 116 Å². The predicted octanol–water partition coefficient (Wildman–Crippen LogP) is 2.48. The van der Waals surface area contributed by atoms with Gasteiger partial charge in [-0.05, 0) is 55.3 Å². The second-order valence-electron chi connectivity index (χ2n) is 7.98. The third-order valence-corrected chi connectivity index (χ3v) is 5.92. The van der Waals surface area contributed by atoms with Gasteiger partial charge in [0.1, 0.15) is 0 Å². The number of hydrogen-bond donors (Lipinski definition) is 1. The van der Waals surface area contributed by atoms with E-state index in [-0.39, 0.29) is 0 Å². The zero-order chi connectivity index (χ0) is 13.0. The van der Waals surface area contributed by atoms with E-state index in [0.717, 1.165) is 30.8 Å². The van der Waals surface area contributed by atoms with Crippen LogP contribution in [-0.4, -0.2) is 36.5 Å². The lowest BCUT2D eigenvalue weighted by Crippen LogP contribution is -2.50.